The van der Waals surface area contributed by atoms with E-state index in [1.165, 1.54) is 5.56 Å². The molecule has 1 aliphatic rings. The normalized spacial score (nSPS) is 17.7. The Balaban J connectivity index is 1.80. The number of piperidine rings is 1. The molecule has 2 amide bonds. The van der Waals surface area contributed by atoms with Crippen molar-refractivity contribution in [2.24, 2.45) is 11.7 Å². The predicted octanol–water partition coefficient (Wildman–Crippen LogP) is 2.34. The van der Waals surface area contributed by atoms with Crippen molar-refractivity contribution in [2.75, 3.05) is 25.0 Å². The number of likely N-dealkylation sites (tertiary alicyclic amines) is 1. The molecule has 23 heavy (non-hydrogen) atoms. The van der Waals surface area contributed by atoms with E-state index < -0.39 is 0 Å². The molecule has 0 bridgehead atoms. The molecule has 1 aromatic rings. The van der Waals surface area contributed by atoms with Crippen LogP contribution >= 0.6 is 0 Å². The molecule has 0 aliphatic carbocycles. The molecule has 0 radical (unpaired) electrons. The number of anilines is 1. The Hall–Kier alpha value is -1.88. The standard InChI is InChI=1S/C18H27N3O2/c1-3-13(2)14-4-6-16(7-5-14)20-17(22)12-21-10-8-15(9-11-21)18(19)23/h4-7,13,15H,3,8-12H2,1-2H3,(H2,19,23)(H,20,22)/t13-/m1/s1. The van der Waals surface area contributed by atoms with Gasteiger partial charge in [-0.2, -0.15) is 0 Å². The number of primary amides is 1. The molecule has 0 spiro atoms. The fourth-order valence-corrected chi connectivity index (χ4v) is 2.91. The number of hydrogen-bond donors (Lipinski definition) is 2. The van der Waals surface area contributed by atoms with Crippen molar-refractivity contribution in [1.29, 1.82) is 0 Å². The largest absolute Gasteiger partial charge is 0.369 e. The molecule has 0 unspecified atom stereocenters. The summed E-state index contributed by atoms with van der Waals surface area (Å²) < 4.78 is 0. The Morgan fingerprint density at radius 3 is 2.39 bits per heavy atom. The number of benzene rings is 1. The molecule has 1 heterocycles. The Morgan fingerprint density at radius 1 is 1.26 bits per heavy atom. The van der Waals surface area contributed by atoms with Crippen LogP contribution in [0.2, 0.25) is 0 Å². The van der Waals surface area contributed by atoms with Gasteiger partial charge < -0.3 is 11.1 Å². The highest BCUT2D eigenvalue weighted by molar-refractivity contribution is 5.92. The molecule has 0 saturated carbocycles. The van der Waals surface area contributed by atoms with Crippen LogP contribution in [0.1, 0.15) is 44.6 Å². The first-order valence-electron chi connectivity index (χ1n) is 8.41. The van der Waals surface area contributed by atoms with E-state index in [1.54, 1.807) is 0 Å². The van der Waals surface area contributed by atoms with E-state index in [2.05, 4.69) is 36.2 Å². The maximum absolute atomic E-state index is 12.1. The summed E-state index contributed by atoms with van der Waals surface area (Å²) in [5.74, 6) is 0.253. The van der Waals surface area contributed by atoms with E-state index >= 15 is 0 Å². The molecule has 0 aromatic heterocycles. The second-order valence-corrected chi connectivity index (χ2v) is 6.43. The van der Waals surface area contributed by atoms with E-state index in [4.69, 9.17) is 5.73 Å². The average molecular weight is 317 g/mol. The summed E-state index contributed by atoms with van der Waals surface area (Å²) in [7, 11) is 0. The van der Waals surface area contributed by atoms with Gasteiger partial charge >= 0.3 is 0 Å². The van der Waals surface area contributed by atoms with Crippen LogP contribution in [0.25, 0.3) is 0 Å². The number of hydrogen-bond acceptors (Lipinski definition) is 3. The topological polar surface area (TPSA) is 75.4 Å². The van der Waals surface area contributed by atoms with Crippen molar-refractivity contribution in [3.8, 4) is 0 Å². The van der Waals surface area contributed by atoms with Gasteiger partial charge in [0.15, 0.2) is 0 Å². The summed E-state index contributed by atoms with van der Waals surface area (Å²) in [6.45, 7) is 6.21. The third-order valence-corrected chi connectivity index (χ3v) is 4.73. The number of amides is 2. The monoisotopic (exact) mass is 317 g/mol. The van der Waals surface area contributed by atoms with E-state index in [0.29, 0.717) is 12.5 Å². The van der Waals surface area contributed by atoms with Gasteiger partial charge in [0.1, 0.15) is 0 Å². The second kappa shape index (κ2) is 8.11. The summed E-state index contributed by atoms with van der Waals surface area (Å²) in [5.41, 5.74) is 7.44. The van der Waals surface area contributed by atoms with E-state index in [9.17, 15) is 9.59 Å². The van der Waals surface area contributed by atoms with Crippen LogP contribution in [-0.2, 0) is 9.59 Å². The number of carbonyl (C=O) groups excluding carboxylic acids is 2. The van der Waals surface area contributed by atoms with Gasteiger partial charge in [-0.15, -0.1) is 0 Å². The summed E-state index contributed by atoms with van der Waals surface area (Å²) in [6, 6.07) is 8.06. The zero-order valence-corrected chi connectivity index (χ0v) is 14.0. The molecule has 1 fully saturated rings. The maximum Gasteiger partial charge on any atom is 0.238 e. The van der Waals surface area contributed by atoms with Crippen LogP contribution in [0.5, 0.6) is 0 Å². The summed E-state index contributed by atoms with van der Waals surface area (Å²) >= 11 is 0. The van der Waals surface area contributed by atoms with Gasteiger partial charge in [-0.05, 0) is 56.0 Å². The minimum absolute atomic E-state index is 0.0150. The van der Waals surface area contributed by atoms with Crippen molar-refractivity contribution < 1.29 is 9.59 Å². The van der Waals surface area contributed by atoms with E-state index in [-0.39, 0.29) is 17.7 Å². The molecule has 1 aromatic carbocycles. The van der Waals surface area contributed by atoms with Crippen molar-refractivity contribution >= 4 is 17.5 Å². The number of nitrogens with two attached hydrogens (primary N) is 1. The van der Waals surface area contributed by atoms with Crippen LogP contribution in [0.4, 0.5) is 5.69 Å². The van der Waals surface area contributed by atoms with Gasteiger partial charge in [-0.25, -0.2) is 0 Å². The van der Waals surface area contributed by atoms with Crippen LogP contribution in [0.15, 0.2) is 24.3 Å². The van der Waals surface area contributed by atoms with Gasteiger partial charge in [0.25, 0.3) is 0 Å². The summed E-state index contributed by atoms with van der Waals surface area (Å²) in [6.07, 6.45) is 2.59. The molecule has 2 rings (SSSR count). The summed E-state index contributed by atoms with van der Waals surface area (Å²) in [4.78, 5) is 25.3. The average Bonchev–Trinajstić information content (AvgIpc) is 2.55. The van der Waals surface area contributed by atoms with Crippen molar-refractivity contribution in [2.45, 2.75) is 39.0 Å². The van der Waals surface area contributed by atoms with Gasteiger partial charge in [0.05, 0.1) is 6.54 Å². The van der Waals surface area contributed by atoms with Crippen LogP contribution in [-0.4, -0.2) is 36.3 Å². The first kappa shape index (κ1) is 17.5. The number of nitrogens with one attached hydrogen (secondary N) is 1. The fraction of sp³-hybridized carbons (Fsp3) is 0.556. The van der Waals surface area contributed by atoms with Gasteiger partial charge in [-0.1, -0.05) is 26.0 Å². The Morgan fingerprint density at radius 2 is 1.87 bits per heavy atom. The first-order chi connectivity index (χ1) is 11.0. The van der Waals surface area contributed by atoms with Crippen LogP contribution in [0.3, 0.4) is 0 Å². The third kappa shape index (κ3) is 5.06. The van der Waals surface area contributed by atoms with Gasteiger partial charge in [0, 0.05) is 11.6 Å². The molecule has 1 atom stereocenters. The van der Waals surface area contributed by atoms with Crippen molar-refractivity contribution in [1.82, 2.24) is 4.90 Å². The molecule has 1 saturated heterocycles. The second-order valence-electron chi connectivity index (χ2n) is 6.43. The van der Waals surface area contributed by atoms with Crippen molar-refractivity contribution in [3.05, 3.63) is 29.8 Å². The molecule has 1 aliphatic heterocycles. The minimum Gasteiger partial charge on any atom is -0.369 e. The molecular weight excluding hydrogens is 290 g/mol. The highest BCUT2D eigenvalue weighted by atomic mass is 16.2. The molecule has 3 N–H and O–H groups in total. The summed E-state index contributed by atoms with van der Waals surface area (Å²) in [5, 5.41) is 2.94. The lowest BCUT2D eigenvalue weighted by Crippen LogP contribution is -2.42. The third-order valence-electron chi connectivity index (χ3n) is 4.73. The lowest BCUT2D eigenvalue weighted by Gasteiger charge is -2.29. The number of nitrogens with zero attached hydrogens (tertiary/aromatic N) is 1. The fourth-order valence-electron chi connectivity index (χ4n) is 2.91. The van der Waals surface area contributed by atoms with Crippen LogP contribution < -0.4 is 11.1 Å². The molecular formula is C18H27N3O2. The number of rotatable bonds is 6. The zero-order chi connectivity index (χ0) is 16.8. The number of carbonyl (C=O) groups is 2. The maximum atomic E-state index is 12.1. The molecule has 126 valence electrons. The highest BCUT2D eigenvalue weighted by Crippen LogP contribution is 2.21. The Bertz CT molecular complexity index is 534. The lowest BCUT2D eigenvalue weighted by molar-refractivity contribution is -0.123. The lowest BCUT2D eigenvalue weighted by atomic mass is 9.96. The van der Waals surface area contributed by atoms with E-state index in [1.807, 2.05) is 12.1 Å². The molecule has 5 nitrogen and oxygen atoms in total. The van der Waals surface area contributed by atoms with Crippen LogP contribution in [0, 0.1) is 5.92 Å². The van der Waals surface area contributed by atoms with Gasteiger partial charge in [-0.3, -0.25) is 14.5 Å². The van der Waals surface area contributed by atoms with E-state index in [0.717, 1.165) is 38.0 Å². The minimum atomic E-state index is -0.226. The smallest absolute Gasteiger partial charge is 0.238 e. The predicted molar refractivity (Wildman–Crippen MR) is 92.1 cm³/mol. The highest BCUT2D eigenvalue weighted by Gasteiger charge is 2.24. The Kier molecular flexibility index (Phi) is 6.16. The zero-order valence-electron chi connectivity index (χ0n) is 14.0. The van der Waals surface area contributed by atoms with Gasteiger partial charge in [0.2, 0.25) is 11.8 Å². The quantitative estimate of drug-likeness (QED) is 0.845. The SMILES string of the molecule is CC[C@@H](C)c1ccc(NC(=O)CN2CCC(C(N)=O)CC2)cc1. The first-order valence-corrected chi connectivity index (χ1v) is 8.41. The molecule has 5 heteroatoms. The van der Waals surface area contributed by atoms with Crippen molar-refractivity contribution in [3.63, 3.8) is 0 Å². The Labute approximate surface area is 138 Å².